The molecule has 3 aromatic rings. The minimum atomic E-state index is -0.334. The van der Waals surface area contributed by atoms with E-state index in [4.69, 9.17) is 20.8 Å². The number of nitrogens with zero attached hydrogens (tertiary/aromatic N) is 2. The molecule has 3 heterocycles. The van der Waals surface area contributed by atoms with E-state index in [1.165, 1.54) is 11.3 Å². The number of hydrogen-bond acceptors (Lipinski definition) is 6. The molecule has 0 bridgehead atoms. The van der Waals surface area contributed by atoms with Crippen LogP contribution in [-0.2, 0) is 16.0 Å². The summed E-state index contributed by atoms with van der Waals surface area (Å²) in [6, 6.07) is 7.27. The molecular formula is C16H13ClN2O3S. The van der Waals surface area contributed by atoms with E-state index in [-0.39, 0.29) is 12.4 Å². The average molecular weight is 349 g/mol. The zero-order valence-corrected chi connectivity index (χ0v) is 13.9. The lowest BCUT2D eigenvalue weighted by atomic mass is 10.2. The molecule has 0 amide bonds. The van der Waals surface area contributed by atoms with Crippen LogP contribution in [0.4, 0.5) is 0 Å². The van der Waals surface area contributed by atoms with Crippen molar-refractivity contribution in [1.29, 1.82) is 0 Å². The number of hydrogen-bond donors (Lipinski definition) is 0. The van der Waals surface area contributed by atoms with Gasteiger partial charge >= 0.3 is 5.97 Å². The number of thiophene rings is 1. The molecule has 3 rings (SSSR count). The van der Waals surface area contributed by atoms with Crippen molar-refractivity contribution in [2.45, 2.75) is 13.3 Å². The summed E-state index contributed by atoms with van der Waals surface area (Å²) >= 11 is 7.32. The van der Waals surface area contributed by atoms with Crippen molar-refractivity contribution in [2.24, 2.45) is 0 Å². The highest BCUT2D eigenvalue weighted by Gasteiger charge is 2.20. The monoisotopic (exact) mass is 348 g/mol. The van der Waals surface area contributed by atoms with Crippen molar-refractivity contribution in [3.05, 3.63) is 46.7 Å². The average Bonchev–Trinajstić information content (AvgIpc) is 3.17. The molecule has 0 atom stereocenters. The van der Waals surface area contributed by atoms with Gasteiger partial charge in [-0.3, -0.25) is 4.79 Å². The molecule has 0 aromatic carbocycles. The lowest BCUT2D eigenvalue weighted by Crippen LogP contribution is -2.08. The van der Waals surface area contributed by atoms with Crippen LogP contribution in [0.3, 0.4) is 0 Å². The summed E-state index contributed by atoms with van der Waals surface area (Å²) in [6.45, 7) is 2.10. The van der Waals surface area contributed by atoms with Gasteiger partial charge in [-0.2, -0.15) is 0 Å². The smallest absolute Gasteiger partial charge is 0.312 e. The second-order valence-electron chi connectivity index (χ2n) is 4.62. The van der Waals surface area contributed by atoms with Crippen LogP contribution in [0.5, 0.6) is 0 Å². The minimum absolute atomic E-state index is 0.0611. The maximum absolute atomic E-state index is 11.8. The third-order valence-corrected chi connectivity index (χ3v) is 4.13. The molecule has 0 unspecified atom stereocenters. The second kappa shape index (κ2) is 6.93. The Labute approximate surface area is 141 Å². The van der Waals surface area contributed by atoms with E-state index in [2.05, 4.69) is 9.97 Å². The topological polar surface area (TPSA) is 65.2 Å². The SMILES string of the molecule is CCOC(=O)Cc1nc(-c2ccc(Cl)nc2)oc1-c1cccs1. The van der Waals surface area contributed by atoms with E-state index < -0.39 is 0 Å². The molecular weight excluding hydrogens is 336 g/mol. The fourth-order valence-corrected chi connectivity index (χ4v) is 2.89. The summed E-state index contributed by atoms with van der Waals surface area (Å²) in [5, 5.41) is 2.33. The van der Waals surface area contributed by atoms with Crippen LogP contribution < -0.4 is 0 Å². The highest BCUT2D eigenvalue weighted by Crippen LogP contribution is 2.33. The van der Waals surface area contributed by atoms with Crippen LogP contribution in [0.2, 0.25) is 5.15 Å². The Morgan fingerprint density at radius 3 is 2.91 bits per heavy atom. The summed E-state index contributed by atoms with van der Waals surface area (Å²) in [6.07, 6.45) is 1.64. The molecule has 0 radical (unpaired) electrons. The molecule has 0 aliphatic heterocycles. The third kappa shape index (κ3) is 3.60. The Morgan fingerprint density at radius 1 is 1.39 bits per heavy atom. The van der Waals surface area contributed by atoms with E-state index >= 15 is 0 Å². The van der Waals surface area contributed by atoms with E-state index in [0.717, 1.165) is 4.88 Å². The summed E-state index contributed by atoms with van der Waals surface area (Å²) in [4.78, 5) is 21.2. The van der Waals surface area contributed by atoms with Crippen molar-refractivity contribution < 1.29 is 13.9 Å². The van der Waals surface area contributed by atoms with E-state index in [1.54, 1.807) is 25.3 Å². The number of esters is 1. The lowest BCUT2D eigenvalue weighted by molar-refractivity contribution is -0.142. The van der Waals surface area contributed by atoms with Crippen LogP contribution in [0.15, 0.2) is 40.3 Å². The first kappa shape index (κ1) is 15.7. The van der Waals surface area contributed by atoms with Gasteiger partial charge in [0.05, 0.1) is 29.2 Å². The number of ether oxygens (including phenoxy) is 1. The third-order valence-electron chi connectivity index (χ3n) is 3.03. The Morgan fingerprint density at radius 2 is 2.26 bits per heavy atom. The molecule has 5 nitrogen and oxygen atoms in total. The fraction of sp³-hybridized carbons (Fsp3) is 0.188. The predicted molar refractivity (Wildman–Crippen MR) is 88.4 cm³/mol. The number of rotatable bonds is 5. The van der Waals surface area contributed by atoms with Gasteiger partial charge in [0.25, 0.3) is 0 Å². The van der Waals surface area contributed by atoms with Gasteiger partial charge < -0.3 is 9.15 Å². The van der Waals surface area contributed by atoms with Gasteiger partial charge in [0.2, 0.25) is 5.89 Å². The maximum atomic E-state index is 11.8. The molecule has 0 spiro atoms. The standard InChI is InChI=1S/C16H13ClN2O3S/c1-2-21-14(20)8-11-15(12-4-3-7-23-12)22-16(19-11)10-5-6-13(17)18-9-10/h3-7,9H,2,8H2,1H3. The van der Waals surface area contributed by atoms with Crippen LogP contribution in [0.25, 0.3) is 22.1 Å². The first-order valence-electron chi connectivity index (χ1n) is 6.98. The summed E-state index contributed by atoms with van der Waals surface area (Å²) in [7, 11) is 0. The van der Waals surface area contributed by atoms with Crippen molar-refractivity contribution in [1.82, 2.24) is 9.97 Å². The molecule has 0 fully saturated rings. The van der Waals surface area contributed by atoms with Crippen LogP contribution in [-0.4, -0.2) is 22.5 Å². The highest BCUT2D eigenvalue weighted by atomic mass is 35.5. The first-order valence-corrected chi connectivity index (χ1v) is 8.24. The molecule has 118 valence electrons. The Kier molecular flexibility index (Phi) is 4.73. The zero-order chi connectivity index (χ0) is 16.2. The molecule has 7 heteroatoms. The summed E-state index contributed by atoms with van der Waals surface area (Å²) in [5.41, 5.74) is 1.25. The molecule has 0 aliphatic carbocycles. The molecule has 23 heavy (non-hydrogen) atoms. The lowest BCUT2D eigenvalue weighted by Gasteiger charge is -1.99. The number of oxazole rings is 1. The van der Waals surface area contributed by atoms with Crippen molar-refractivity contribution in [3.63, 3.8) is 0 Å². The van der Waals surface area contributed by atoms with Crippen LogP contribution >= 0.6 is 22.9 Å². The predicted octanol–water partition coefficient (Wildman–Crippen LogP) is 4.22. The molecule has 3 aromatic heterocycles. The van der Waals surface area contributed by atoms with Gasteiger partial charge in [0.15, 0.2) is 5.76 Å². The Hall–Kier alpha value is -2.18. The molecule has 0 saturated heterocycles. The Bertz CT molecular complexity index is 797. The van der Waals surface area contributed by atoms with Crippen molar-refractivity contribution in [3.8, 4) is 22.1 Å². The van der Waals surface area contributed by atoms with Gasteiger partial charge in [0, 0.05) is 6.20 Å². The van der Waals surface area contributed by atoms with Crippen LogP contribution in [0.1, 0.15) is 12.6 Å². The van der Waals surface area contributed by atoms with E-state index in [0.29, 0.717) is 34.7 Å². The van der Waals surface area contributed by atoms with E-state index in [1.807, 2.05) is 17.5 Å². The van der Waals surface area contributed by atoms with Gasteiger partial charge in [-0.25, -0.2) is 9.97 Å². The van der Waals surface area contributed by atoms with Gasteiger partial charge in [-0.15, -0.1) is 11.3 Å². The number of pyridine rings is 1. The largest absolute Gasteiger partial charge is 0.466 e. The molecule has 0 saturated carbocycles. The molecule has 0 aliphatic rings. The van der Waals surface area contributed by atoms with Crippen molar-refractivity contribution in [2.75, 3.05) is 6.61 Å². The number of carbonyl (C=O) groups excluding carboxylic acids is 1. The maximum Gasteiger partial charge on any atom is 0.312 e. The van der Waals surface area contributed by atoms with Crippen molar-refractivity contribution >= 4 is 28.9 Å². The van der Waals surface area contributed by atoms with Gasteiger partial charge in [0.1, 0.15) is 5.15 Å². The number of carbonyl (C=O) groups is 1. The van der Waals surface area contributed by atoms with Gasteiger partial charge in [-0.1, -0.05) is 17.7 Å². The molecule has 0 N–H and O–H groups in total. The summed E-state index contributed by atoms with van der Waals surface area (Å²) < 4.78 is 10.9. The second-order valence-corrected chi connectivity index (χ2v) is 5.96. The normalized spacial score (nSPS) is 10.7. The number of halogens is 1. The van der Waals surface area contributed by atoms with Gasteiger partial charge in [-0.05, 0) is 30.5 Å². The van der Waals surface area contributed by atoms with Crippen LogP contribution in [0, 0.1) is 0 Å². The Balaban J connectivity index is 1.99. The fourth-order valence-electron chi connectivity index (χ4n) is 2.05. The zero-order valence-electron chi connectivity index (χ0n) is 12.3. The summed E-state index contributed by atoms with van der Waals surface area (Å²) in [5.74, 6) is 0.647. The quantitative estimate of drug-likeness (QED) is 0.510. The minimum Gasteiger partial charge on any atom is -0.466 e. The first-order chi connectivity index (χ1) is 11.2. The van der Waals surface area contributed by atoms with E-state index in [9.17, 15) is 4.79 Å². The number of aromatic nitrogens is 2. The highest BCUT2D eigenvalue weighted by molar-refractivity contribution is 7.13.